The summed E-state index contributed by atoms with van der Waals surface area (Å²) in [6.45, 7) is 2.52. The van der Waals surface area contributed by atoms with Gasteiger partial charge in [0.2, 0.25) is 0 Å². The molecule has 0 aliphatic carbocycles. The second-order valence-electron chi connectivity index (χ2n) is 0.797. The van der Waals surface area contributed by atoms with Gasteiger partial charge in [-0.25, -0.2) is 4.79 Å². The number of carbonyl (C=O) groups excluding carboxylic acids is 1. The molecule has 8 heavy (non-hydrogen) atoms. The summed E-state index contributed by atoms with van der Waals surface area (Å²) in [4.78, 5) is 9.91. The van der Waals surface area contributed by atoms with Gasteiger partial charge >= 0.3 is 35.5 Å². The summed E-state index contributed by atoms with van der Waals surface area (Å²) in [6.07, 6.45) is 0.982. The van der Waals surface area contributed by atoms with Gasteiger partial charge in [-0.2, -0.15) is 0 Å². The third-order valence-corrected chi connectivity index (χ3v) is 0.373. The molecule has 0 spiro atoms. The van der Waals surface area contributed by atoms with E-state index in [-0.39, 0.29) is 31.0 Å². The van der Waals surface area contributed by atoms with Gasteiger partial charge in [-0.05, 0) is 0 Å². The summed E-state index contributed by atoms with van der Waals surface area (Å²) in [6, 6.07) is 0. The monoisotopic (exact) mass is 126 g/mol. The molecule has 0 saturated carbocycles. The summed E-state index contributed by atoms with van der Waals surface area (Å²) in [7, 11) is 0. The van der Waals surface area contributed by atoms with E-state index in [0.717, 1.165) is 6.08 Å². The Morgan fingerprint density at radius 3 is 2.62 bits per heavy atom. The maximum Gasteiger partial charge on any atom is 1.00 e. The minimum atomic E-state index is -0.609. The van der Waals surface area contributed by atoms with Crippen molar-refractivity contribution in [2.24, 2.45) is 0 Å². The van der Waals surface area contributed by atoms with E-state index in [4.69, 9.17) is 5.11 Å². The Morgan fingerprint density at radius 2 is 2.50 bits per heavy atom. The van der Waals surface area contributed by atoms with Gasteiger partial charge in [0.15, 0.2) is 6.79 Å². The summed E-state index contributed by atoms with van der Waals surface area (Å²) < 4.78 is 3.99. The number of rotatable bonds is 2. The van der Waals surface area contributed by atoms with Crippen molar-refractivity contribution in [3.8, 4) is 0 Å². The summed E-state index contributed by atoms with van der Waals surface area (Å²) in [5, 5.41) is 7.88. The van der Waals surface area contributed by atoms with Crippen LogP contribution in [-0.4, -0.2) is 17.9 Å². The maximum absolute atomic E-state index is 9.91. The predicted molar refractivity (Wildman–Crippen MR) is 24.5 cm³/mol. The first-order chi connectivity index (χ1) is 3.31. The second-order valence-corrected chi connectivity index (χ2v) is 0.797. The molecule has 0 unspecified atom stereocenters. The molecule has 0 heterocycles. The number of carbonyl (C=O) groups is 1. The molecule has 0 saturated heterocycles. The van der Waals surface area contributed by atoms with Gasteiger partial charge in [0, 0.05) is 6.08 Å². The summed E-state index contributed by atoms with van der Waals surface area (Å²) >= 11 is 0. The van der Waals surface area contributed by atoms with E-state index in [1.807, 2.05) is 0 Å². The summed E-state index contributed by atoms with van der Waals surface area (Å²) in [5.41, 5.74) is 0. The molecule has 1 N–H and O–H groups in total. The van der Waals surface area contributed by atoms with E-state index < -0.39 is 12.8 Å². The van der Waals surface area contributed by atoms with Crippen LogP contribution in [0.15, 0.2) is 12.7 Å². The van der Waals surface area contributed by atoms with Crippen LogP contribution in [0.1, 0.15) is 1.43 Å². The molecule has 0 amide bonds. The largest absolute Gasteiger partial charge is 1.00 e. The average molecular weight is 126 g/mol. The molecule has 0 aliphatic heterocycles. The van der Waals surface area contributed by atoms with E-state index in [1.165, 1.54) is 0 Å². The van der Waals surface area contributed by atoms with Crippen molar-refractivity contribution in [3.05, 3.63) is 12.7 Å². The Hall–Kier alpha value is 0.170. The van der Waals surface area contributed by atoms with E-state index >= 15 is 0 Å². The van der Waals surface area contributed by atoms with Gasteiger partial charge < -0.3 is 11.3 Å². The molecule has 0 bridgehead atoms. The number of aliphatic hydroxyl groups excluding tert-OH is 1. The van der Waals surface area contributed by atoms with Crippen LogP contribution in [-0.2, 0) is 9.53 Å². The van der Waals surface area contributed by atoms with E-state index in [1.54, 1.807) is 0 Å². The Bertz CT molecular complexity index is 85.9. The van der Waals surface area contributed by atoms with Crippen molar-refractivity contribution >= 4 is 5.97 Å². The molecule has 0 aromatic heterocycles. The first-order valence-corrected chi connectivity index (χ1v) is 1.71. The van der Waals surface area contributed by atoms with Gasteiger partial charge in [0.05, 0.1) is 0 Å². The topological polar surface area (TPSA) is 46.5 Å². The normalized spacial score (nSPS) is 6.62. The molecule has 0 aromatic carbocycles. The first kappa shape index (κ1) is 11.0. The molecule has 0 fully saturated rings. The van der Waals surface area contributed by atoms with Gasteiger partial charge in [-0.1, -0.05) is 6.58 Å². The van der Waals surface area contributed by atoms with E-state index in [0.29, 0.717) is 0 Å². The smallest absolute Gasteiger partial charge is 1.00 e. The van der Waals surface area contributed by atoms with E-state index in [2.05, 4.69) is 11.3 Å². The molecule has 42 valence electrons. The van der Waals surface area contributed by atoms with Crippen LogP contribution in [0.5, 0.6) is 0 Å². The minimum absolute atomic E-state index is 0. The molecular weight excluding hydrogens is 119 g/mol. The van der Waals surface area contributed by atoms with Crippen LogP contribution < -0.4 is 29.6 Å². The Morgan fingerprint density at radius 1 is 2.00 bits per heavy atom. The fourth-order valence-electron chi connectivity index (χ4n) is 0.123. The van der Waals surface area contributed by atoms with Crippen LogP contribution in [0.4, 0.5) is 0 Å². The van der Waals surface area contributed by atoms with Crippen molar-refractivity contribution in [1.29, 1.82) is 0 Å². The van der Waals surface area contributed by atoms with Crippen molar-refractivity contribution in [2.75, 3.05) is 6.79 Å². The molecule has 4 heteroatoms. The molecule has 0 rings (SSSR count). The van der Waals surface area contributed by atoms with Crippen LogP contribution in [0, 0.1) is 0 Å². The number of esters is 1. The Balaban J connectivity index is -0.000000180. The van der Waals surface area contributed by atoms with Gasteiger partial charge in [0.25, 0.3) is 0 Å². The molecule has 3 nitrogen and oxygen atoms in total. The van der Waals surface area contributed by atoms with Gasteiger partial charge in [-0.3, -0.25) is 0 Å². The van der Waals surface area contributed by atoms with Crippen LogP contribution >= 0.6 is 0 Å². The Kier molecular flexibility index (Phi) is 9.89. The number of hydrogen-bond acceptors (Lipinski definition) is 3. The number of aliphatic hydroxyl groups is 1. The van der Waals surface area contributed by atoms with E-state index in [9.17, 15) is 4.79 Å². The third kappa shape index (κ3) is 6.17. The molecule has 0 radical (unpaired) electrons. The maximum atomic E-state index is 9.91. The number of hydrogen-bond donors (Lipinski definition) is 1. The zero-order valence-corrected chi connectivity index (χ0v) is 6.76. The van der Waals surface area contributed by atoms with Crippen LogP contribution in [0.2, 0.25) is 0 Å². The van der Waals surface area contributed by atoms with Crippen molar-refractivity contribution in [3.63, 3.8) is 0 Å². The van der Waals surface area contributed by atoms with Crippen molar-refractivity contribution in [2.45, 2.75) is 0 Å². The van der Waals surface area contributed by atoms with Gasteiger partial charge in [-0.15, -0.1) is 0 Å². The van der Waals surface area contributed by atoms with Gasteiger partial charge in [0.1, 0.15) is 0 Å². The van der Waals surface area contributed by atoms with Crippen molar-refractivity contribution in [1.82, 2.24) is 0 Å². The van der Waals surface area contributed by atoms with Crippen LogP contribution in [0.25, 0.3) is 0 Å². The fraction of sp³-hybridized carbons (Fsp3) is 0.250. The molecule has 0 aliphatic rings. The molecular formula is C4H7NaO3. The Labute approximate surface area is 71.1 Å². The first-order valence-electron chi connectivity index (χ1n) is 1.71. The third-order valence-electron chi connectivity index (χ3n) is 0.373. The molecule has 0 aromatic rings. The standard InChI is InChI=1S/C4H6O3.Na.H/c1-2-4(6)7-3-5;;/h2,5H,1,3H2;;/q;+1;-1. The summed E-state index contributed by atoms with van der Waals surface area (Å²) in [5.74, 6) is -0.609. The second kappa shape index (κ2) is 7.17. The zero-order chi connectivity index (χ0) is 5.70. The predicted octanol–water partition coefficient (Wildman–Crippen LogP) is -3.22. The minimum Gasteiger partial charge on any atom is -1.00 e. The zero-order valence-electron chi connectivity index (χ0n) is 5.76. The average Bonchev–Trinajstić information content (AvgIpc) is 1.68. The fourth-order valence-corrected chi connectivity index (χ4v) is 0.123. The van der Waals surface area contributed by atoms with Crippen LogP contribution in [0.3, 0.4) is 0 Å². The molecule has 0 atom stereocenters. The number of ether oxygens (including phenoxy) is 1. The SMILES string of the molecule is C=CC(=O)OCO.[H-].[Na+]. The van der Waals surface area contributed by atoms with Crippen molar-refractivity contribution < 1.29 is 45.6 Å². The quantitative estimate of drug-likeness (QED) is 0.183.